The van der Waals surface area contributed by atoms with E-state index in [0.717, 1.165) is 6.26 Å². The highest BCUT2D eigenvalue weighted by atomic mass is 35.5. The van der Waals surface area contributed by atoms with Gasteiger partial charge in [-0.1, -0.05) is 23.2 Å². The van der Waals surface area contributed by atoms with Gasteiger partial charge < -0.3 is 0 Å². The van der Waals surface area contributed by atoms with E-state index in [0.29, 0.717) is 27.4 Å². The van der Waals surface area contributed by atoms with Crippen LogP contribution in [0.4, 0.5) is 0 Å². The second-order valence-corrected chi connectivity index (χ2v) is 7.23. The number of benzene rings is 1. The van der Waals surface area contributed by atoms with Crippen molar-refractivity contribution in [3.8, 4) is 5.69 Å². The molecule has 1 aromatic heterocycles. The number of aryl methyl sites for hydroxylation is 1. The van der Waals surface area contributed by atoms with Crippen molar-refractivity contribution < 1.29 is 8.42 Å². The minimum Gasteiger partial charge on any atom is -0.216 e. The Hall–Kier alpha value is -1.15. The zero-order valence-corrected chi connectivity index (χ0v) is 14.0. The van der Waals surface area contributed by atoms with Crippen molar-refractivity contribution in [3.05, 3.63) is 39.9 Å². The molecule has 0 aliphatic carbocycles. The van der Waals surface area contributed by atoms with Gasteiger partial charge in [-0.15, -0.1) is 0 Å². The van der Waals surface area contributed by atoms with Crippen LogP contribution in [0.15, 0.2) is 18.2 Å². The molecule has 0 saturated heterocycles. The lowest BCUT2D eigenvalue weighted by Crippen LogP contribution is -2.27. The lowest BCUT2D eigenvalue weighted by molar-refractivity contribution is 0.560. The summed E-state index contributed by atoms with van der Waals surface area (Å²) >= 11 is 11.9. The van der Waals surface area contributed by atoms with Crippen LogP contribution in [-0.2, 0) is 10.0 Å². The fourth-order valence-electron chi connectivity index (χ4n) is 1.89. The Morgan fingerprint density at radius 1 is 1.29 bits per heavy atom. The summed E-state index contributed by atoms with van der Waals surface area (Å²) in [7, 11) is -3.35. The van der Waals surface area contributed by atoms with Gasteiger partial charge in [0.1, 0.15) is 11.6 Å². The predicted molar refractivity (Wildman–Crippen MR) is 82.5 cm³/mol. The molecule has 0 amide bonds. The maximum Gasteiger partial charge on any atom is 0.209 e. The Labute approximate surface area is 133 Å². The van der Waals surface area contributed by atoms with E-state index in [2.05, 4.69) is 14.8 Å². The number of sulfonamides is 1. The number of aromatic nitrogens is 3. The monoisotopic (exact) mass is 348 g/mol. The van der Waals surface area contributed by atoms with Crippen molar-refractivity contribution in [2.75, 3.05) is 6.26 Å². The Morgan fingerprint density at radius 2 is 1.95 bits per heavy atom. The van der Waals surface area contributed by atoms with E-state index in [-0.39, 0.29) is 0 Å². The quantitative estimate of drug-likeness (QED) is 0.920. The van der Waals surface area contributed by atoms with Crippen molar-refractivity contribution in [1.82, 2.24) is 19.5 Å². The molecule has 6 nitrogen and oxygen atoms in total. The van der Waals surface area contributed by atoms with Gasteiger partial charge in [-0.05, 0) is 32.0 Å². The van der Waals surface area contributed by atoms with Crippen molar-refractivity contribution in [2.45, 2.75) is 19.9 Å². The minimum absolute atomic E-state index is 0.386. The van der Waals surface area contributed by atoms with E-state index in [1.807, 2.05) is 0 Å². The molecular weight excluding hydrogens is 335 g/mol. The topological polar surface area (TPSA) is 76.9 Å². The number of hydrogen-bond acceptors (Lipinski definition) is 4. The van der Waals surface area contributed by atoms with Gasteiger partial charge in [0.15, 0.2) is 0 Å². The molecule has 0 radical (unpaired) electrons. The van der Waals surface area contributed by atoms with E-state index in [9.17, 15) is 8.42 Å². The summed E-state index contributed by atoms with van der Waals surface area (Å²) in [6.45, 7) is 3.42. The van der Waals surface area contributed by atoms with Crippen LogP contribution in [0.25, 0.3) is 5.69 Å². The van der Waals surface area contributed by atoms with Crippen molar-refractivity contribution >= 4 is 33.2 Å². The number of halogens is 2. The fraction of sp³-hybridized carbons (Fsp3) is 0.333. The van der Waals surface area contributed by atoms with Crippen LogP contribution < -0.4 is 4.72 Å². The summed E-state index contributed by atoms with van der Waals surface area (Å²) in [4.78, 5) is 4.27. The van der Waals surface area contributed by atoms with Crippen LogP contribution in [0, 0.1) is 6.92 Å². The van der Waals surface area contributed by atoms with Crippen LogP contribution in [-0.4, -0.2) is 29.4 Å². The molecule has 0 aliphatic heterocycles. The Morgan fingerprint density at radius 3 is 2.52 bits per heavy atom. The van der Waals surface area contributed by atoms with Gasteiger partial charge in [-0.2, -0.15) is 5.10 Å². The maximum atomic E-state index is 11.4. The largest absolute Gasteiger partial charge is 0.216 e. The minimum atomic E-state index is -3.35. The zero-order chi connectivity index (χ0) is 15.8. The van der Waals surface area contributed by atoms with E-state index in [1.54, 1.807) is 36.7 Å². The summed E-state index contributed by atoms with van der Waals surface area (Å²) in [6, 6.07) is 4.50. The van der Waals surface area contributed by atoms with Crippen LogP contribution in [0.1, 0.15) is 24.6 Å². The predicted octanol–water partition coefficient (Wildman–Crippen LogP) is 2.49. The summed E-state index contributed by atoms with van der Waals surface area (Å²) in [5, 5.41) is 5.09. The van der Waals surface area contributed by atoms with E-state index >= 15 is 0 Å². The summed E-state index contributed by atoms with van der Waals surface area (Å²) in [6.07, 6.45) is 1.09. The van der Waals surface area contributed by atoms with Gasteiger partial charge in [0.25, 0.3) is 0 Å². The lowest BCUT2D eigenvalue weighted by atomic mass is 10.3. The van der Waals surface area contributed by atoms with Crippen molar-refractivity contribution in [3.63, 3.8) is 0 Å². The Bertz CT molecular complexity index is 774. The molecule has 2 rings (SSSR count). The first kappa shape index (κ1) is 16.2. The molecular formula is C12H14Cl2N4O2S. The van der Waals surface area contributed by atoms with E-state index < -0.39 is 16.1 Å². The molecule has 9 heteroatoms. The van der Waals surface area contributed by atoms with Gasteiger partial charge in [-0.25, -0.2) is 22.8 Å². The standard InChI is InChI=1S/C12H14Cl2N4O2S/c1-7(17-21(3,19)20)12-15-8(2)16-18(12)9-4-5-10(13)11(14)6-9/h4-7,17H,1-3H3. The summed E-state index contributed by atoms with van der Waals surface area (Å²) in [5.74, 6) is 0.995. The third-order valence-corrected chi connectivity index (χ3v) is 4.18. The highest BCUT2D eigenvalue weighted by molar-refractivity contribution is 7.88. The molecule has 21 heavy (non-hydrogen) atoms. The van der Waals surface area contributed by atoms with Crippen LogP contribution in [0.2, 0.25) is 10.0 Å². The molecule has 1 N–H and O–H groups in total. The van der Waals surface area contributed by atoms with Gasteiger partial charge in [0, 0.05) is 0 Å². The molecule has 1 atom stereocenters. The molecule has 0 spiro atoms. The Balaban J connectivity index is 2.47. The number of nitrogens with zero attached hydrogens (tertiary/aromatic N) is 3. The summed E-state index contributed by atoms with van der Waals surface area (Å²) < 4.78 is 26.7. The molecule has 0 saturated carbocycles. The van der Waals surface area contributed by atoms with Crippen LogP contribution in [0.5, 0.6) is 0 Å². The molecule has 0 fully saturated rings. The smallest absolute Gasteiger partial charge is 0.209 e. The first-order valence-corrected chi connectivity index (χ1v) is 8.68. The average Bonchev–Trinajstić information content (AvgIpc) is 2.73. The Kier molecular flexibility index (Phi) is 4.57. The average molecular weight is 349 g/mol. The second kappa shape index (κ2) is 5.92. The maximum absolute atomic E-state index is 11.4. The molecule has 114 valence electrons. The summed E-state index contributed by atoms with van der Waals surface area (Å²) in [5.41, 5.74) is 0.655. The third-order valence-electron chi connectivity index (χ3n) is 2.66. The normalized spacial score (nSPS) is 13.4. The van der Waals surface area contributed by atoms with Gasteiger partial charge >= 0.3 is 0 Å². The number of hydrogen-bond donors (Lipinski definition) is 1. The van der Waals surface area contributed by atoms with Gasteiger partial charge in [0.2, 0.25) is 10.0 Å². The van der Waals surface area contributed by atoms with Crippen LogP contribution in [0.3, 0.4) is 0 Å². The molecule has 1 heterocycles. The fourth-order valence-corrected chi connectivity index (χ4v) is 2.93. The molecule has 1 unspecified atom stereocenters. The van der Waals surface area contributed by atoms with E-state index in [1.165, 1.54) is 0 Å². The van der Waals surface area contributed by atoms with Crippen molar-refractivity contribution in [1.29, 1.82) is 0 Å². The molecule has 2 aromatic rings. The van der Waals surface area contributed by atoms with Gasteiger partial charge in [-0.3, -0.25) is 0 Å². The first-order chi connectivity index (χ1) is 9.67. The molecule has 0 bridgehead atoms. The molecule has 0 aliphatic rings. The van der Waals surface area contributed by atoms with Crippen LogP contribution >= 0.6 is 23.2 Å². The number of rotatable bonds is 4. The third kappa shape index (κ3) is 3.94. The first-order valence-electron chi connectivity index (χ1n) is 6.03. The highest BCUT2D eigenvalue weighted by Crippen LogP contribution is 2.25. The highest BCUT2D eigenvalue weighted by Gasteiger charge is 2.19. The molecule has 1 aromatic carbocycles. The number of nitrogens with one attached hydrogen (secondary N) is 1. The van der Waals surface area contributed by atoms with Crippen molar-refractivity contribution in [2.24, 2.45) is 0 Å². The van der Waals surface area contributed by atoms with E-state index in [4.69, 9.17) is 23.2 Å². The zero-order valence-electron chi connectivity index (χ0n) is 11.6. The second-order valence-electron chi connectivity index (χ2n) is 4.64. The SMILES string of the molecule is Cc1nc(C(C)NS(C)(=O)=O)n(-c2ccc(Cl)c(Cl)c2)n1. The lowest BCUT2D eigenvalue weighted by Gasteiger charge is -2.13. The van der Waals surface area contributed by atoms with Gasteiger partial charge in [0.05, 0.1) is 28.0 Å².